The highest BCUT2D eigenvalue weighted by Gasteiger charge is 2.10. The van der Waals surface area contributed by atoms with Gasteiger partial charge in [-0.3, -0.25) is 4.21 Å². The summed E-state index contributed by atoms with van der Waals surface area (Å²) >= 11 is 6.11. The molecule has 0 saturated carbocycles. The van der Waals surface area contributed by atoms with Crippen LogP contribution in [0.5, 0.6) is 0 Å². The third-order valence-electron chi connectivity index (χ3n) is 3.07. The van der Waals surface area contributed by atoms with Gasteiger partial charge in [-0.25, -0.2) is 0 Å². The maximum atomic E-state index is 12.3. The Kier molecular flexibility index (Phi) is 4.84. The molecule has 2 N–H and O–H groups in total. The predicted molar refractivity (Wildman–Crippen MR) is 87.3 cm³/mol. The molecule has 2 aromatic carbocycles. The van der Waals surface area contributed by atoms with Crippen LogP contribution in [0.25, 0.3) is 0 Å². The lowest BCUT2D eigenvalue weighted by Gasteiger charge is -2.09. The summed E-state index contributed by atoms with van der Waals surface area (Å²) in [5.74, 6) is 0.908. The van der Waals surface area contributed by atoms with Gasteiger partial charge in [0.15, 0.2) is 0 Å². The predicted octanol–water partition coefficient (Wildman–Crippen LogP) is 3.99. The zero-order valence-electron chi connectivity index (χ0n) is 11.7. The fourth-order valence-corrected chi connectivity index (χ4v) is 3.89. The molecule has 0 bridgehead atoms. The van der Waals surface area contributed by atoms with E-state index < -0.39 is 10.8 Å². The van der Waals surface area contributed by atoms with E-state index >= 15 is 0 Å². The molecule has 0 aliphatic heterocycles. The van der Waals surface area contributed by atoms with Crippen LogP contribution in [-0.4, -0.2) is 4.21 Å². The molecule has 0 spiro atoms. The molecule has 0 fully saturated rings. The zero-order chi connectivity index (χ0) is 14.7. The van der Waals surface area contributed by atoms with Crippen molar-refractivity contribution in [1.82, 2.24) is 0 Å². The third kappa shape index (κ3) is 3.84. The Balaban J connectivity index is 2.13. The lowest BCUT2D eigenvalue weighted by Crippen LogP contribution is -2.03. The van der Waals surface area contributed by atoms with Crippen LogP contribution in [0.4, 0.5) is 5.69 Å². The number of benzene rings is 2. The van der Waals surface area contributed by atoms with Crippen LogP contribution in [0.2, 0.25) is 5.02 Å². The Bertz CT molecular complexity index is 614. The number of aryl methyl sites for hydroxylation is 2. The van der Waals surface area contributed by atoms with Gasteiger partial charge in [-0.2, -0.15) is 0 Å². The Morgan fingerprint density at radius 2 is 1.75 bits per heavy atom. The van der Waals surface area contributed by atoms with Gasteiger partial charge in [0.2, 0.25) is 0 Å². The minimum atomic E-state index is -1.02. The van der Waals surface area contributed by atoms with E-state index in [9.17, 15) is 4.21 Å². The number of halogens is 1. The maximum Gasteiger partial charge on any atom is 0.0524 e. The molecule has 2 nitrogen and oxygen atoms in total. The van der Waals surface area contributed by atoms with Crippen LogP contribution in [0.1, 0.15) is 22.3 Å². The van der Waals surface area contributed by atoms with Crippen molar-refractivity contribution in [3.05, 3.63) is 63.7 Å². The van der Waals surface area contributed by atoms with E-state index in [1.807, 2.05) is 13.8 Å². The smallest absolute Gasteiger partial charge is 0.0524 e. The van der Waals surface area contributed by atoms with E-state index in [1.54, 1.807) is 18.2 Å². The van der Waals surface area contributed by atoms with Crippen LogP contribution in [0.3, 0.4) is 0 Å². The normalized spacial score (nSPS) is 12.3. The minimum absolute atomic E-state index is 0.387. The third-order valence-corrected chi connectivity index (χ3v) is 4.69. The van der Waals surface area contributed by atoms with E-state index in [-0.39, 0.29) is 0 Å². The van der Waals surface area contributed by atoms with Crippen molar-refractivity contribution in [2.24, 2.45) is 0 Å². The average molecular weight is 308 g/mol. The molecule has 0 saturated heterocycles. The van der Waals surface area contributed by atoms with Crippen molar-refractivity contribution in [2.45, 2.75) is 25.4 Å². The molecule has 0 aliphatic rings. The first-order valence-corrected chi connectivity index (χ1v) is 8.27. The molecule has 2 aromatic rings. The average Bonchev–Trinajstić information content (AvgIpc) is 2.32. The molecule has 0 aromatic heterocycles. The molecule has 4 heteroatoms. The van der Waals surface area contributed by atoms with Crippen molar-refractivity contribution in [1.29, 1.82) is 0 Å². The quantitative estimate of drug-likeness (QED) is 0.868. The van der Waals surface area contributed by atoms with Gasteiger partial charge in [0.05, 0.1) is 5.75 Å². The van der Waals surface area contributed by atoms with E-state index in [0.29, 0.717) is 22.2 Å². The highest BCUT2D eigenvalue weighted by molar-refractivity contribution is 7.83. The second-order valence-electron chi connectivity index (χ2n) is 5.03. The number of hydrogen-bond donors (Lipinski definition) is 1. The fraction of sp³-hybridized carbons (Fsp3) is 0.250. The molecule has 0 radical (unpaired) electrons. The first kappa shape index (κ1) is 15.1. The van der Waals surface area contributed by atoms with Gasteiger partial charge in [-0.15, -0.1) is 0 Å². The number of hydrogen-bond acceptors (Lipinski definition) is 2. The van der Waals surface area contributed by atoms with Crippen LogP contribution in [-0.2, 0) is 22.3 Å². The van der Waals surface area contributed by atoms with Crippen LogP contribution < -0.4 is 5.73 Å². The van der Waals surface area contributed by atoms with Crippen LogP contribution >= 0.6 is 11.6 Å². The lowest BCUT2D eigenvalue weighted by molar-refractivity contribution is 0.682. The second kappa shape index (κ2) is 6.42. The zero-order valence-corrected chi connectivity index (χ0v) is 13.2. The van der Waals surface area contributed by atoms with Gasteiger partial charge < -0.3 is 5.73 Å². The number of nitrogens with two attached hydrogens (primary N) is 1. The molecule has 1 unspecified atom stereocenters. The Morgan fingerprint density at radius 1 is 1.10 bits per heavy atom. The molecular weight excluding hydrogens is 290 g/mol. The van der Waals surface area contributed by atoms with E-state index in [2.05, 4.69) is 18.2 Å². The highest BCUT2D eigenvalue weighted by Crippen LogP contribution is 2.24. The fourth-order valence-electron chi connectivity index (χ4n) is 2.28. The second-order valence-corrected chi connectivity index (χ2v) is 6.90. The topological polar surface area (TPSA) is 43.1 Å². The van der Waals surface area contributed by atoms with Gasteiger partial charge >= 0.3 is 0 Å². The highest BCUT2D eigenvalue weighted by atomic mass is 35.5. The SMILES string of the molecule is Cc1cc(C)cc(CS(=O)Cc2c(N)cccc2Cl)c1. The molecule has 0 heterocycles. The molecule has 106 valence electrons. The monoisotopic (exact) mass is 307 g/mol. The van der Waals surface area contributed by atoms with Gasteiger partial charge in [-0.05, 0) is 31.5 Å². The summed E-state index contributed by atoms with van der Waals surface area (Å²) in [6.45, 7) is 4.09. The first-order valence-electron chi connectivity index (χ1n) is 6.40. The number of nitrogen functional groups attached to an aromatic ring is 1. The summed E-state index contributed by atoms with van der Waals surface area (Å²) in [6.07, 6.45) is 0. The summed E-state index contributed by atoms with van der Waals surface area (Å²) in [4.78, 5) is 0. The Labute approximate surface area is 127 Å². The molecular formula is C16H18ClNOS. The van der Waals surface area contributed by atoms with Crippen molar-refractivity contribution >= 4 is 28.1 Å². The largest absolute Gasteiger partial charge is 0.398 e. The summed E-state index contributed by atoms with van der Waals surface area (Å²) in [6, 6.07) is 11.6. The van der Waals surface area contributed by atoms with Gasteiger partial charge in [0.25, 0.3) is 0 Å². The summed E-state index contributed by atoms with van der Waals surface area (Å²) in [7, 11) is -1.02. The number of anilines is 1. The maximum absolute atomic E-state index is 12.3. The van der Waals surface area contributed by atoms with E-state index in [4.69, 9.17) is 17.3 Å². The lowest BCUT2D eigenvalue weighted by atomic mass is 10.1. The van der Waals surface area contributed by atoms with Gasteiger partial charge in [0.1, 0.15) is 0 Å². The number of rotatable bonds is 4. The Hall–Kier alpha value is -1.32. The van der Waals surface area contributed by atoms with Crippen LogP contribution in [0, 0.1) is 13.8 Å². The van der Waals surface area contributed by atoms with Crippen molar-refractivity contribution in [2.75, 3.05) is 5.73 Å². The molecule has 2 rings (SSSR count). The summed E-state index contributed by atoms with van der Waals surface area (Å²) in [5, 5.41) is 0.582. The standard InChI is InChI=1S/C16H18ClNOS/c1-11-6-12(2)8-13(7-11)9-20(19)10-14-15(17)4-3-5-16(14)18/h3-8H,9-10,18H2,1-2H3. The van der Waals surface area contributed by atoms with Gasteiger partial charge in [0, 0.05) is 32.8 Å². The molecule has 0 amide bonds. The van der Waals surface area contributed by atoms with Crippen LogP contribution in [0.15, 0.2) is 36.4 Å². The minimum Gasteiger partial charge on any atom is -0.398 e. The molecule has 0 aliphatic carbocycles. The van der Waals surface area contributed by atoms with E-state index in [1.165, 1.54) is 11.1 Å². The molecule has 1 atom stereocenters. The molecule has 20 heavy (non-hydrogen) atoms. The summed E-state index contributed by atoms with van der Waals surface area (Å²) in [5.41, 5.74) is 10.7. The van der Waals surface area contributed by atoms with Crippen molar-refractivity contribution < 1.29 is 4.21 Å². The van der Waals surface area contributed by atoms with Crippen molar-refractivity contribution in [3.63, 3.8) is 0 Å². The summed E-state index contributed by atoms with van der Waals surface area (Å²) < 4.78 is 12.3. The Morgan fingerprint density at radius 3 is 2.35 bits per heavy atom. The van der Waals surface area contributed by atoms with E-state index in [0.717, 1.165) is 11.1 Å². The van der Waals surface area contributed by atoms with Gasteiger partial charge in [-0.1, -0.05) is 47.0 Å². The van der Waals surface area contributed by atoms with Crippen molar-refractivity contribution in [3.8, 4) is 0 Å². The first-order chi connectivity index (χ1) is 9.45.